The second-order valence-corrected chi connectivity index (χ2v) is 17.4. The second kappa shape index (κ2) is 29.6. The molecule has 0 N–H and O–H groups in total. The Morgan fingerprint density at radius 3 is 0.899 bits per heavy atom. The fraction of sp³-hybridized carbons (Fsp3) is 0.276. The third-order valence-corrected chi connectivity index (χ3v) is 11.6. The Morgan fingerprint density at radius 2 is 0.620 bits per heavy atom. The highest BCUT2D eigenvalue weighted by molar-refractivity contribution is 5.92. The van der Waals surface area contributed by atoms with E-state index in [0.29, 0.717) is 91.4 Å². The van der Waals surface area contributed by atoms with Crippen LogP contribution in [-0.2, 0) is 42.8 Å². The van der Waals surface area contributed by atoms with Gasteiger partial charge in [-0.2, -0.15) is 15.0 Å². The molecule has 79 heavy (non-hydrogen) atoms. The van der Waals surface area contributed by atoms with Crippen LogP contribution in [0.3, 0.4) is 0 Å². The largest absolute Gasteiger partial charge is 0.463 e. The maximum absolute atomic E-state index is 13.1. The summed E-state index contributed by atoms with van der Waals surface area (Å²) in [6.07, 6.45) is 9.92. The van der Waals surface area contributed by atoms with Gasteiger partial charge in [-0.3, -0.25) is 0 Å². The molecule has 0 atom stereocenters. The van der Waals surface area contributed by atoms with Crippen LogP contribution in [0, 0.1) is 0 Å². The first-order chi connectivity index (χ1) is 38.5. The smallest absolute Gasteiger partial charge is 0.338 e. The number of rotatable bonds is 31. The average Bonchev–Trinajstić information content (AvgIpc) is 4.46. The Kier molecular flexibility index (Phi) is 21.4. The van der Waals surface area contributed by atoms with Crippen molar-refractivity contribution in [1.29, 1.82) is 0 Å². The number of nitrogens with zero attached hydrogens (tertiary/aromatic N) is 6. The van der Waals surface area contributed by atoms with Crippen molar-refractivity contribution < 1.29 is 70.8 Å². The monoisotopic (exact) mass is 1080 g/mol. The van der Waals surface area contributed by atoms with Gasteiger partial charge in [0.25, 0.3) is 17.7 Å². The van der Waals surface area contributed by atoms with Crippen molar-refractivity contribution in [3.05, 3.63) is 146 Å². The molecule has 4 aromatic carbocycles. The number of carbonyl (C=O) groups is 6. The zero-order valence-electron chi connectivity index (χ0n) is 43.1. The SMILES string of the molecule is C=CC(=O)OCCCCCCOC(=O)c1cccc(-c2noc(-c3cc(-c4nc(-c5cccc(C(=O)OCCCCCOC(=O)C=C)c5)no4)cc(-c4nc(-c5cccc(C(=O)OCCCCCOC(=O)C=C)c5)no4)c3)n2)c1. The fourth-order valence-corrected chi connectivity index (χ4v) is 7.49. The Balaban J connectivity index is 1.08. The normalized spacial score (nSPS) is 10.8. The van der Waals surface area contributed by atoms with Crippen LogP contribution in [0.15, 0.2) is 143 Å². The average molecular weight is 1080 g/mol. The number of aromatic nitrogens is 6. The van der Waals surface area contributed by atoms with Crippen LogP contribution >= 0.6 is 0 Å². The number of esters is 6. The van der Waals surface area contributed by atoms with E-state index in [-0.39, 0.29) is 84.9 Å². The summed E-state index contributed by atoms with van der Waals surface area (Å²) in [4.78, 5) is 86.8. The van der Waals surface area contributed by atoms with Gasteiger partial charge in [-0.05, 0) is 119 Å². The van der Waals surface area contributed by atoms with E-state index >= 15 is 0 Å². The minimum Gasteiger partial charge on any atom is -0.463 e. The van der Waals surface area contributed by atoms with Crippen molar-refractivity contribution in [1.82, 2.24) is 30.4 Å². The van der Waals surface area contributed by atoms with Gasteiger partial charge in [0.2, 0.25) is 17.5 Å². The van der Waals surface area contributed by atoms with Gasteiger partial charge in [-0.25, -0.2) is 28.8 Å². The van der Waals surface area contributed by atoms with Gasteiger partial charge in [0.05, 0.1) is 56.3 Å². The minimum atomic E-state index is -0.545. The molecule has 0 aliphatic rings. The van der Waals surface area contributed by atoms with Crippen LogP contribution in [0.5, 0.6) is 0 Å². The molecule has 0 aliphatic carbocycles. The highest BCUT2D eigenvalue weighted by Crippen LogP contribution is 2.34. The molecular weight excluding hydrogens is 1020 g/mol. The standard InChI is InChI=1S/C58H56N6O15/c1-4-47(65)71-26-11-7-8-12-29-74-56(68)41-23-17-20-38(32-41)50-59-53(77-62-50)44-35-45(54-60-51(63-78-54)39-21-18-24-42(33-39)57(69)75-30-15-9-13-27-72-48(66)5-2)37-46(36-44)55-61-52(64-79-55)40-22-19-25-43(34-40)58(70)76-31-16-10-14-28-73-49(67)6-3/h4-6,17-25,32-37H,1-3,7-16,26-31H2. The van der Waals surface area contributed by atoms with E-state index in [2.05, 4.69) is 50.2 Å². The third-order valence-electron chi connectivity index (χ3n) is 11.6. The number of hydrogen-bond acceptors (Lipinski definition) is 21. The Labute approximate surface area is 453 Å². The molecule has 0 aliphatic heterocycles. The van der Waals surface area contributed by atoms with Crippen LogP contribution in [0.1, 0.15) is 95.3 Å². The molecule has 0 saturated heterocycles. The molecule has 0 saturated carbocycles. The highest BCUT2D eigenvalue weighted by Gasteiger charge is 2.22. The molecule has 3 aromatic heterocycles. The zero-order chi connectivity index (χ0) is 55.8. The fourth-order valence-electron chi connectivity index (χ4n) is 7.49. The van der Waals surface area contributed by atoms with Gasteiger partial charge >= 0.3 is 35.8 Å². The van der Waals surface area contributed by atoms with Gasteiger partial charge in [-0.1, -0.05) is 71.6 Å². The lowest BCUT2D eigenvalue weighted by Gasteiger charge is -2.06. The molecule has 0 bridgehead atoms. The first kappa shape index (κ1) is 57.1. The van der Waals surface area contributed by atoms with Crippen molar-refractivity contribution in [2.75, 3.05) is 39.6 Å². The van der Waals surface area contributed by atoms with Crippen LogP contribution in [0.25, 0.3) is 68.5 Å². The van der Waals surface area contributed by atoms with E-state index in [1.54, 1.807) is 91.0 Å². The predicted molar refractivity (Wildman–Crippen MR) is 283 cm³/mol. The van der Waals surface area contributed by atoms with Crippen LogP contribution in [0.4, 0.5) is 0 Å². The van der Waals surface area contributed by atoms with Crippen molar-refractivity contribution in [3.63, 3.8) is 0 Å². The van der Waals surface area contributed by atoms with E-state index < -0.39 is 35.8 Å². The Morgan fingerprint density at radius 1 is 0.354 bits per heavy atom. The van der Waals surface area contributed by atoms with E-state index in [1.807, 2.05) is 0 Å². The summed E-state index contributed by atoms with van der Waals surface area (Å²) in [5, 5.41) is 12.7. The lowest BCUT2D eigenvalue weighted by atomic mass is 10.0. The maximum atomic E-state index is 13.1. The molecule has 0 amide bonds. The first-order valence-electron chi connectivity index (χ1n) is 25.4. The summed E-state index contributed by atoms with van der Waals surface area (Å²) in [6, 6.07) is 24.8. The van der Waals surface area contributed by atoms with Crippen LogP contribution in [-0.4, -0.2) is 106 Å². The summed E-state index contributed by atoms with van der Waals surface area (Å²) in [7, 11) is 0. The lowest BCUT2D eigenvalue weighted by Crippen LogP contribution is -2.07. The zero-order valence-corrected chi connectivity index (χ0v) is 43.1. The first-order valence-corrected chi connectivity index (χ1v) is 25.4. The van der Waals surface area contributed by atoms with Gasteiger partial charge in [0, 0.05) is 51.6 Å². The second-order valence-electron chi connectivity index (χ2n) is 17.4. The van der Waals surface area contributed by atoms with Gasteiger partial charge in [0.15, 0.2) is 0 Å². The van der Waals surface area contributed by atoms with Crippen molar-refractivity contribution in [2.24, 2.45) is 0 Å². The van der Waals surface area contributed by atoms with E-state index in [9.17, 15) is 28.8 Å². The summed E-state index contributed by atoms with van der Waals surface area (Å²) in [6.45, 7) is 11.4. The quantitative estimate of drug-likeness (QED) is 0.0169. The molecule has 0 fully saturated rings. The van der Waals surface area contributed by atoms with E-state index in [4.69, 9.17) is 42.0 Å². The number of hydrogen-bond donors (Lipinski definition) is 0. The van der Waals surface area contributed by atoms with Gasteiger partial charge in [-0.15, -0.1) is 0 Å². The molecule has 21 nitrogen and oxygen atoms in total. The number of carbonyl (C=O) groups excluding carboxylic acids is 6. The minimum absolute atomic E-state index is 0.0620. The van der Waals surface area contributed by atoms with Gasteiger partial charge in [0.1, 0.15) is 0 Å². The third kappa shape index (κ3) is 17.2. The molecule has 0 spiro atoms. The topological polar surface area (TPSA) is 275 Å². The highest BCUT2D eigenvalue weighted by atomic mass is 16.6. The molecule has 7 rings (SSSR count). The molecule has 0 radical (unpaired) electrons. The molecular formula is C58H56N6O15. The van der Waals surface area contributed by atoms with Crippen molar-refractivity contribution in [2.45, 2.75) is 64.2 Å². The van der Waals surface area contributed by atoms with Gasteiger partial charge < -0.3 is 42.0 Å². The maximum Gasteiger partial charge on any atom is 0.338 e. The predicted octanol–water partition coefficient (Wildman–Crippen LogP) is 10.4. The number of benzene rings is 4. The van der Waals surface area contributed by atoms with Crippen molar-refractivity contribution >= 4 is 35.8 Å². The summed E-state index contributed by atoms with van der Waals surface area (Å²) in [5.41, 5.74) is 3.36. The summed E-state index contributed by atoms with van der Waals surface area (Å²) >= 11 is 0. The van der Waals surface area contributed by atoms with Crippen molar-refractivity contribution in [3.8, 4) is 68.5 Å². The summed E-state index contributed by atoms with van der Waals surface area (Å²) < 4.78 is 48.8. The number of unbranched alkanes of at least 4 members (excludes halogenated alkanes) is 7. The summed E-state index contributed by atoms with van der Waals surface area (Å²) in [5.74, 6) is -2.37. The molecule has 0 unspecified atom stereocenters. The molecule has 408 valence electrons. The molecule has 21 heteroatoms. The van der Waals surface area contributed by atoms with E-state index in [1.165, 1.54) is 0 Å². The Hall–Kier alpha value is -9.66. The Bertz CT molecular complexity index is 3120. The van der Waals surface area contributed by atoms with E-state index in [0.717, 1.165) is 31.1 Å². The van der Waals surface area contributed by atoms with Crippen LogP contribution in [0.2, 0.25) is 0 Å². The number of ether oxygens (including phenoxy) is 6. The molecule has 7 aromatic rings. The molecule has 3 heterocycles. The lowest BCUT2D eigenvalue weighted by molar-refractivity contribution is -0.138. The van der Waals surface area contributed by atoms with Crippen LogP contribution < -0.4 is 0 Å².